The molecule has 0 spiro atoms. The van der Waals surface area contributed by atoms with Crippen molar-refractivity contribution < 1.29 is 77.6 Å². The molecule has 3 aliphatic heterocycles. The Morgan fingerprint density at radius 3 is 1.69 bits per heavy atom. The Balaban J connectivity index is 1.74. The third kappa shape index (κ3) is 22.0. The van der Waals surface area contributed by atoms with Gasteiger partial charge < -0.3 is 90.2 Å². The highest BCUT2D eigenvalue weighted by Gasteiger charge is 2.41. The van der Waals surface area contributed by atoms with Gasteiger partial charge in [0.15, 0.2) is 5.96 Å². The van der Waals surface area contributed by atoms with Crippen LogP contribution < -0.4 is 65.1 Å². The van der Waals surface area contributed by atoms with E-state index in [9.17, 15) is 72.5 Å². The summed E-state index contributed by atoms with van der Waals surface area (Å²) in [5.41, 5.74) is 16.4. The van der Waals surface area contributed by atoms with Crippen molar-refractivity contribution >= 4 is 82.9 Å². The molecule has 454 valence electrons. The number of nitrogens with zero attached hydrogens (tertiary/aromatic N) is 3. The Labute approximate surface area is 468 Å². The summed E-state index contributed by atoms with van der Waals surface area (Å²) < 4.78 is 0. The van der Waals surface area contributed by atoms with Crippen LogP contribution >= 0.6 is 0 Å². The second kappa shape index (κ2) is 33.1. The standard InChI is InChI=1S/C50H83N15O16/c1-25(2)22-32(61-46(77)35-13-9-21-65(35)48(79)27(5)57-47(78)39(26(3)4)63-41(72)28-10-6-18-54-28)44(75)59-30(14-16-36(51)67)43(74)58-29(11-7-19-55-50(52)53)42(73)62-33(24-66)40(71)56-23-37(68)64-20-8-12-34(64)45(76)60-31(49(80)81)15-17-38(69)70/h25-35,39,54,66H,6-24H2,1-5H3,(H2,51,67)(H,56,71)(H,57,78)(H,58,74)(H,59,75)(H,60,76)(H,61,77)(H,62,73)(H,63,72)(H,69,70)(H,80,81)(H4,52,53,55)/t27-,28-,29-,30-,31-,32-,33-,34-,35-,39-/m0/s1. The van der Waals surface area contributed by atoms with Gasteiger partial charge in [-0.25, -0.2) is 4.79 Å². The van der Waals surface area contributed by atoms with Crippen molar-refractivity contribution in [2.45, 2.75) is 179 Å². The Hall–Kier alpha value is -7.70. The SMILES string of the molecule is CC(C)C[C@H](NC(=O)[C@@H]1CCCN1C(=O)[C@H](C)NC(=O)[C@@H](NC(=O)[C@@H]1CCCN1)C(C)C)C(=O)N[C@@H](CCC(N)=O)C(=O)N[C@@H](CCCN=C(N)N)C(=O)N[C@@H](CO)C(=O)NCC(=O)N1CCC[C@H]1C(=O)N[C@@H](CCC(=O)O)C(=O)O. The monoisotopic (exact) mass is 1150 g/mol. The van der Waals surface area contributed by atoms with E-state index >= 15 is 0 Å². The van der Waals surface area contributed by atoms with Crippen LogP contribution in [0.25, 0.3) is 0 Å². The zero-order valence-electron chi connectivity index (χ0n) is 46.6. The van der Waals surface area contributed by atoms with Gasteiger partial charge in [-0.05, 0) is 95.9 Å². The first-order valence-electron chi connectivity index (χ1n) is 27.3. The average molecular weight is 1150 g/mol. The van der Waals surface area contributed by atoms with Crippen LogP contribution in [-0.2, 0) is 62.3 Å². The summed E-state index contributed by atoms with van der Waals surface area (Å²) in [6, 6.07) is -12.5. The number of primary amides is 1. The van der Waals surface area contributed by atoms with Gasteiger partial charge in [0.2, 0.25) is 65.0 Å². The average Bonchev–Trinajstić information content (AvgIpc) is 4.28. The van der Waals surface area contributed by atoms with E-state index < -0.39 is 170 Å². The number of nitrogens with two attached hydrogens (primary N) is 3. The van der Waals surface area contributed by atoms with Crippen LogP contribution in [0.4, 0.5) is 0 Å². The van der Waals surface area contributed by atoms with Crippen molar-refractivity contribution in [3.05, 3.63) is 0 Å². The first kappa shape index (κ1) is 67.6. The van der Waals surface area contributed by atoms with Crippen molar-refractivity contribution in [3.8, 4) is 0 Å². The summed E-state index contributed by atoms with van der Waals surface area (Å²) in [5, 5.41) is 51.7. The van der Waals surface area contributed by atoms with E-state index in [-0.39, 0.29) is 75.4 Å². The van der Waals surface area contributed by atoms with Crippen molar-refractivity contribution in [2.24, 2.45) is 34.0 Å². The number of carboxylic acid groups (broad SMARTS) is 2. The van der Waals surface area contributed by atoms with Gasteiger partial charge >= 0.3 is 11.9 Å². The van der Waals surface area contributed by atoms with Crippen molar-refractivity contribution in [1.29, 1.82) is 0 Å². The molecule has 0 aromatic rings. The second-order valence-corrected chi connectivity index (χ2v) is 21.1. The summed E-state index contributed by atoms with van der Waals surface area (Å²) in [4.78, 5) is 177. The van der Waals surface area contributed by atoms with Crippen LogP contribution in [0.1, 0.15) is 118 Å². The number of guanidine groups is 1. The fourth-order valence-electron chi connectivity index (χ4n) is 9.44. The summed E-state index contributed by atoms with van der Waals surface area (Å²) in [5.74, 6) is -12.3. The Bertz CT molecular complexity index is 2310. The molecule has 11 amide bonds. The van der Waals surface area contributed by atoms with E-state index in [4.69, 9.17) is 22.3 Å². The lowest BCUT2D eigenvalue weighted by atomic mass is 10.0. The largest absolute Gasteiger partial charge is 0.481 e. The van der Waals surface area contributed by atoms with Gasteiger partial charge in [0, 0.05) is 32.5 Å². The minimum absolute atomic E-state index is 0.0247. The molecule has 0 aromatic heterocycles. The summed E-state index contributed by atoms with van der Waals surface area (Å²) >= 11 is 0. The zero-order valence-corrected chi connectivity index (χ0v) is 46.6. The van der Waals surface area contributed by atoms with Gasteiger partial charge in [0.1, 0.15) is 54.4 Å². The molecule has 81 heavy (non-hydrogen) atoms. The van der Waals surface area contributed by atoms with Gasteiger partial charge in [-0.1, -0.05) is 27.7 Å². The van der Waals surface area contributed by atoms with Crippen LogP contribution in [0, 0.1) is 11.8 Å². The van der Waals surface area contributed by atoms with Gasteiger partial charge in [-0.3, -0.25) is 62.5 Å². The first-order chi connectivity index (χ1) is 38.1. The lowest BCUT2D eigenvalue weighted by molar-refractivity contribution is -0.145. The first-order valence-corrected chi connectivity index (χ1v) is 27.3. The molecule has 0 bridgehead atoms. The highest BCUT2D eigenvalue weighted by Crippen LogP contribution is 2.21. The van der Waals surface area contributed by atoms with E-state index in [2.05, 4.69) is 52.8 Å². The number of hydrogen-bond acceptors (Lipinski definition) is 16. The molecule has 3 aliphatic rings. The molecular weight excluding hydrogens is 1070 g/mol. The van der Waals surface area contributed by atoms with Gasteiger partial charge in [-0.2, -0.15) is 0 Å². The fraction of sp³-hybridized carbons (Fsp3) is 0.720. The predicted molar refractivity (Wildman–Crippen MR) is 287 cm³/mol. The smallest absolute Gasteiger partial charge is 0.326 e. The Morgan fingerprint density at radius 1 is 0.605 bits per heavy atom. The third-order valence-corrected chi connectivity index (χ3v) is 13.8. The molecule has 3 saturated heterocycles. The number of amides is 11. The fourth-order valence-corrected chi connectivity index (χ4v) is 9.44. The molecule has 10 atom stereocenters. The van der Waals surface area contributed by atoms with Gasteiger partial charge in [-0.15, -0.1) is 0 Å². The molecule has 0 radical (unpaired) electrons. The van der Waals surface area contributed by atoms with Crippen LogP contribution in [0.15, 0.2) is 4.99 Å². The normalized spacial score (nSPS) is 19.3. The maximum atomic E-state index is 14.2. The van der Waals surface area contributed by atoms with E-state index in [0.29, 0.717) is 25.8 Å². The molecule has 31 heteroatoms. The Morgan fingerprint density at radius 2 is 1.16 bits per heavy atom. The lowest BCUT2D eigenvalue weighted by Gasteiger charge is -2.30. The van der Waals surface area contributed by atoms with Crippen LogP contribution in [0.5, 0.6) is 0 Å². The number of nitrogens with one attached hydrogen (secondary N) is 9. The van der Waals surface area contributed by atoms with Crippen molar-refractivity contribution in [2.75, 3.05) is 39.3 Å². The van der Waals surface area contributed by atoms with Crippen molar-refractivity contribution in [3.63, 3.8) is 0 Å². The molecule has 0 aliphatic carbocycles. The molecule has 3 rings (SSSR count). The minimum atomic E-state index is -1.74. The van der Waals surface area contributed by atoms with E-state index in [1.54, 1.807) is 27.7 Å². The summed E-state index contributed by atoms with van der Waals surface area (Å²) in [6.07, 6.45) is 0.540. The van der Waals surface area contributed by atoms with Gasteiger partial charge in [0.05, 0.1) is 19.2 Å². The number of likely N-dealkylation sites (tertiary alicyclic amines) is 2. The van der Waals surface area contributed by atoms with Crippen LogP contribution in [0.3, 0.4) is 0 Å². The van der Waals surface area contributed by atoms with E-state index in [1.807, 2.05) is 0 Å². The van der Waals surface area contributed by atoms with E-state index in [1.165, 1.54) is 11.8 Å². The Kier molecular flexibility index (Phi) is 27.7. The third-order valence-electron chi connectivity index (χ3n) is 13.8. The maximum absolute atomic E-state index is 14.2. The molecule has 0 unspecified atom stereocenters. The topological polar surface area (TPSA) is 488 Å². The highest BCUT2D eigenvalue weighted by molar-refractivity contribution is 5.99. The number of aliphatic hydroxyl groups excluding tert-OH is 1. The molecule has 0 aromatic carbocycles. The number of carbonyl (C=O) groups is 13. The number of carboxylic acids is 2. The molecule has 18 N–H and O–H groups in total. The second-order valence-electron chi connectivity index (χ2n) is 21.1. The number of aliphatic imine (C=N–C) groups is 1. The quantitative estimate of drug-likeness (QED) is 0.0165. The molecule has 0 saturated carbocycles. The molecular formula is C50H83N15O16. The molecule has 3 fully saturated rings. The summed E-state index contributed by atoms with van der Waals surface area (Å²) in [7, 11) is 0. The van der Waals surface area contributed by atoms with Gasteiger partial charge in [0.25, 0.3) is 0 Å². The number of carbonyl (C=O) groups excluding carboxylic acids is 11. The zero-order chi connectivity index (χ0) is 60.7. The van der Waals surface area contributed by atoms with Crippen molar-refractivity contribution in [1.82, 2.24) is 57.7 Å². The number of aliphatic hydroxyl groups is 1. The van der Waals surface area contributed by atoms with Crippen LogP contribution in [-0.4, -0.2) is 208 Å². The highest BCUT2D eigenvalue weighted by atomic mass is 16.4. The van der Waals surface area contributed by atoms with Crippen LogP contribution in [0.2, 0.25) is 0 Å². The number of aliphatic carboxylic acids is 2. The maximum Gasteiger partial charge on any atom is 0.326 e. The lowest BCUT2D eigenvalue weighted by Crippen LogP contribution is -2.60. The molecule has 31 nitrogen and oxygen atoms in total. The number of rotatable bonds is 33. The number of hydrogen-bond donors (Lipinski definition) is 15. The summed E-state index contributed by atoms with van der Waals surface area (Å²) in [6.45, 7) is 7.53. The minimum Gasteiger partial charge on any atom is -0.481 e. The van der Waals surface area contributed by atoms with E-state index in [0.717, 1.165) is 11.3 Å². The molecule has 3 heterocycles. The predicted octanol–water partition coefficient (Wildman–Crippen LogP) is -5.79.